The van der Waals surface area contributed by atoms with Crippen LogP contribution in [0.2, 0.25) is 0 Å². The Morgan fingerprint density at radius 2 is 1.85 bits per heavy atom. The van der Waals surface area contributed by atoms with Gasteiger partial charge in [0.15, 0.2) is 0 Å². The van der Waals surface area contributed by atoms with Gasteiger partial charge < -0.3 is 9.47 Å². The minimum atomic E-state index is -3.19. The fourth-order valence-electron chi connectivity index (χ4n) is 3.92. The van der Waals surface area contributed by atoms with Crippen LogP contribution in [0.3, 0.4) is 0 Å². The third-order valence-corrected chi connectivity index (χ3v) is 7.58. The van der Waals surface area contributed by atoms with E-state index in [2.05, 4.69) is 12.1 Å². The number of rotatable bonds is 7. The molecule has 1 aromatic carbocycles. The second kappa shape index (κ2) is 9.20. The molecule has 0 spiro atoms. The molecule has 2 aliphatic rings. The third kappa shape index (κ3) is 5.44. The Kier molecular flexibility index (Phi) is 6.95. The van der Waals surface area contributed by atoms with E-state index in [1.54, 1.807) is 11.4 Å². The highest BCUT2D eigenvalue weighted by Gasteiger charge is 2.31. The van der Waals surface area contributed by atoms with Gasteiger partial charge in [0.05, 0.1) is 19.0 Å². The van der Waals surface area contributed by atoms with Crippen molar-refractivity contribution in [3.05, 3.63) is 29.8 Å². The highest BCUT2D eigenvalue weighted by atomic mass is 32.2. The van der Waals surface area contributed by atoms with Crippen LogP contribution in [-0.4, -0.2) is 51.4 Å². The lowest BCUT2D eigenvalue weighted by Crippen LogP contribution is -2.42. The van der Waals surface area contributed by atoms with Gasteiger partial charge in [-0.3, -0.25) is 0 Å². The largest absolute Gasteiger partial charge is 0.497 e. The second-order valence-electron chi connectivity index (χ2n) is 7.50. The standard InChI is InChI=1S/C20H31NO4S/c1-24-19-9-7-17(8-10-19)5-6-18-11-13-21(14-12-18)26(22,23)16-20-4-2-3-15-25-20/h7-10,18,20H,2-6,11-16H2,1H3. The van der Waals surface area contributed by atoms with Gasteiger partial charge in [-0.2, -0.15) is 0 Å². The summed E-state index contributed by atoms with van der Waals surface area (Å²) in [5.41, 5.74) is 1.32. The molecule has 26 heavy (non-hydrogen) atoms. The lowest BCUT2D eigenvalue weighted by atomic mass is 9.91. The number of hydrogen-bond acceptors (Lipinski definition) is 4. The topological polar surface area (TPSA) is 55.8 Å². The number of aryl methyl sites for hydroxylation is 1. The van der Waals surface area contributed by atoms with Crippen LogP contribution in [0, 0.1) is 5.92 Å². The summed E-state index contributed by atoms with van der Waals surface area (Å²) in [6.45, 7) is 2.01. The van der Waals surface area contributed by atoms with E-state index in [4.69, 9.17) is 9.47 Å². The van der Waals surface area contributed by atoms with Gasteiger partial charge in [-0.25, -0.2) is 12.7 Å². The molecule has 2 saturated heterocycles. The molecule has 0 aliphatic carbocycles. The normalized spacial score (nSPS) is 23.0. The smallest absolute Gasteiger partial charge is 0.216 e. The highest BCUT2D eigenvalue weighted by Crippen LogP contribution is 2.26. The lowest BCUT2D eigenvalue weighted by molar-refractivity contribution is 0.0297. The van der Waals surface area contributed by atoms with Gasteiger partial charge in [0, 0.05) is 19.7 Å². The van der Waals surface area contributed by atoms with E-state index in [1.165, 1.54) is 5.56 Å². The Morgan fingerprint density at radius 3 is 2.46 bits per heavy atom. The fraction of sp³-hybridized carbons (Fsp3) is 0.700. The van der Waals surface area contributed by atoms with Gasteiger partial charge in [-0.1, -0.05) is 12.1 Å². The van der Waals surface area contributed by atoms with E-state index in [9.17, 15) is 8.42 Å². The Hall–Kier alpha value is -1.11. The number of methoxy groups -OCH3 is 1. The maximum absolute atomic E-state index is 12.6. The molecule has 146 valence electrons. The maximum atomic E-state index is 12.6. The predicted molar refractivity (Wildman–Crippen MR) is 103 cm³/mol. The van der Waals surface area contributed by atoms with Crippen molar-refractivity contribution in [3.8, 4) is 5.75 Å². The molecular weight excluding hydrogens is 350 g/mol. The third-order valence-electron chi connectivity index (χ3n) is 5.64. The molecule has 0 saturated carbocycles. The van der Waals surface area contributed by atoms with Crippen molar-refractivity contribution in [1.29, 1.82) is 0 Å². The summed E-state index contributed by atoms with van der Waals surface area (Å²) >= 11 is 0. The minimum Gasteiger partial charge on any atom is -0.497 e. The lowest BCUT2D eigenvalue weighted by Gasteiger charge is -2.33. The Morgan fingerprint density at radius 1 is 1.12 bits per heavy atom. The number of nitrogens with zero attached hydrogens (tertiary/aromatic N) is 1. The van der Waals surface area contributed by atoms with Gasteiger partial charge in [0.2, 0.25) is 10.0 Å². The maximum Gasteiger partial charge on any atom is 0.216 e. The average Bonchev–Trinajstić information content (AvgIpc) is 2.67. The van der Waals surface area contributed by atoms with E-state index in [0.29, 0.717) is 25.6 Å². The SMILES string of the molecule is COc1ccc(CCC2CCN(S(=O)(=O)CC3CCCCO3)CC2)cc1. The zero-order valence-corrected chi connectivity index (χ0v) is 16.5. The van der Waals surface area contributed by atoms with Crippen molar-refractivity contribution in [2.45, 2.75) is 51.0 Å². The summed E-state index contributed by atoms with van der Waals surface area (Å²) in [7, 11) is -1.51. The molecule has 1 unspecified atom stereocenters. The minimum absolute atomic E-state index is 0.110. The van der Waals surface area contributed by atoms with Crippen LogP contribution in [0.1, 0.15) is 44.1 Å². The predicted octanol–water partition coefficient (Wildman–Crippen LogP) is 3.24. The van der Waals surface area contributed by atoms with Crippen molar-refractivity contribution in [2.75, 3.05) is 32.6 Å². The van der Waals surface area contributed by atoms with Crippen molar-refractivity contribution >= 4 is 10.0 Å². The van der Waals surface area contributed by atoms with Crippen LogP contribution >= 0.6 is 0 Å². The molecule has 2 fully saturated rings. The summed E-state index contributed by atoms with van der Waals surface area (Å²) in [4.78, 5) is 0. The fourth-order valence-corrected chi connectivity index (χ4v) is 5.63. The van der Waals surface area contributed by atoms with E-state index >= 15 is 0 Å². The molecule has 0 N–H and O–H groups in total. The number of benzene rings is 1. The average molecular weight is 382 g/mol. The van der Waals surface area contributed by atoms with Crippen LogP contribution < -0.4 is 4.74 Å². The monoisotopic (exact) mass is 381 g/mol. The van der Waals surface area contributed by atoms with Gasteiger partial charge in [0.25, 0.3) is 0 Å². The van der Waals surface area contributed by atoms with Crippen LogP contribution in [0.5, 0.6) is 5.75 Å². The highest BCUT2D eigenvalue weighted by molar-refractivity contribution is 7.89. The first-order chi connectivity index (χ1) is 12.6. The van der Waals surface area contributed by atoms with E-state index < -0.39 is 10.0 Å². The van der Waals surface area contributed by atoms with Crippen molar-refractivity contribution in [3.63, 3.8) is 0 Å². The molecule has 2 aliphatic heterocycles. The van der Waals surface area contributed by atoms with Crippen LogP contribution in [-0.2, 0) is 21.2 Å². The molecule has 6 heteroatoms. The molecule has 5 nitrogen and oxygen atoms in total. The Bertz CT molecular complexity index is 645. The van der Waals surface area contributed by atoms with Gasteiger partial charge in [-0.05, 0) is 68.6 Å². The molecule has 0 radical (unpaired) electrons. The quantitative estimate of drug-likeness (QED) is 0.728. The first-order valence-corrected chi connectivity index (χ1v) is 11.4. The van der Waals surface area contributed by atoms with Gasteiger partial charge in [-0.15, -0.1) is 0 Å². The zero-order valence-electron chi connectivity index (χ0n) is 15.7. The van der Waals surface area contributed by atoms with E-state index in [-0.39, 0.29) is 11.9 Å². The molecule has 2 heterocycles. The number of hydrogen-bond donors (Lipinski definition) is 0. The van der Waals surface area contributed by atoms with Crippen molar-refractivity contribution < 1.29 is 17.9 Å². The van der Waals surface area contributed by atoms with Crippen molar-refractivity contribution in [1.82, 2.24) is 4.31 Å². The molecule has 0 amide bonds. The number of piperidine rings is 1. The molecular formula is C20H31NO4S. The summed E-state index contributed by atoms with van der Waals surface area (Å²) in [6, 6.07) is 8.22. The first-order valence-electron chi connectivity index (χ1n) is 9.79. The van der Waals surface area contributed by atoms with E-state index in [1.807, 2.05) is 12.1 Å². The summed E-state index contributed by atoms with van der Waals surface area (Å²) < 4.78 is 37.8. The van der Waals surface area contributed by atoms with Crippen LogP contribution in [0.25, 0.3) is 0 Å². The van der Waals surface area contributed by atoms with Gasteiger partial charge in [0.1, 0.15) is 5.75 Å². The molecule has 1 aromatic rings. The molecule has 0 aromatic heterocycles. The summed E-state index contributed by atoms with van der Waals surface area (Å²) in [5, 5.41) is 0. The van der Waals surface area contributed by atoms with Gasteiger partial charge >= 0.3 is 0 Å². The first kappa shape index (κ1) is 19.6. The van der Waals surface area contributed by atoms with Crippen molar-refractivity contribution in [2.24, 2.45) is 5.92 Å². The van der Waals surface area contributed by atoms with Crippen LogP contribution in [0.4, 0.5) is 0 Å². The zero-order chi connectivity index (χ0) is 18.4. The second-order valence-corrected chi connectivity index (χ2v) is 9.51. The molecule has 1 atom stereocenters. The number of sulfonamides is 1. The van der Waals surface area contributed by atoms with Crippen LogP contribution in [0.15, 0.2) is 24.3 Å². The number of ether oxygens (including phenoxy) is 2. The summed E-state index contributed by atoms with van der Waals surface area (Å²) in [6.07, 6.45) is 6.97. The Labute approximate surface area is 157 Å². The molecule has 0 bridgehead atoms. The van der Waals surface area contributed by atoms with E-state index in [0.717, 1.165) is 50.7 Å². The summed E-state index contributed by atoms with van der Waals surface area (Å²) in [5.74, 6) is 1.65. The molecule has 3 rings (SSSR count). The Balaban J connectivity index is 1.42.